The summed E-state index contributed by atoms with van der Waals surface area (Å²) in [6.07, 6.45) is -7.51. The van der Waals surface area contributed by atoms with Gasteiger partial charge in [-0.05, 0) is 17.7 Å². The van der Waals surface area contributed by atoms with Crippen molar-refractivity contribution >= 4 is 17.9 Å². The van der Waals surface area contributed by atoms with E-state index in [1.54, 1.807) is 0 Å². The number of carbonyl (C=O) groups is 3. The molecule has 1 unspecified atom stereocenters. The molecule has 2 aromatic rings. The Kier molecular flexibility index (Phi) is 15.5. The lowest BCUT2D eigenvalue weighted by atomic mass is 10.0. The zero-order chi connectivity index (χ0) is 36.1. The zero-order valence-corrected chi connectivity index (χ0v) is 24.3. The van der Waals surface area contributed by atoms with Crippen molar-refractivity contribution in [2.75, 3.05) is 46.0 Å². The number of nitrogens with zero attached hydrogens (tertiary/aromatic N) is 5. The Bertz CT molecular complexity index is 1220. The number of alkyl halides is 9. The van der Waals surface area contributed by atoms with Crippen molar-refractivity contribution in [3.05, 3.63) is 48.0 Å². The number of aryl methyl sites for hydroxylation is 1. The van der Waals surface area contributed by atoms with Crippen LogP contribution in [-0.2, 0) is 44.0 Å². The van der Waals surface area contributed by atoms with Crippen LogP contribution in [0, 0.1) is 0 Å². The number of aliphatic carboxylic acids is 3. The highest BCUT2D eigenvalue weighted by atomic mass is 19.4. The first-order valence-electron chi connectivity index (χ1n) is 13.0. The Morgan fingerprint density at radius 1 is 0.787 bits per heavy atom. The summed E-state index contributed by atoms with van der Waals surface area (Å²) < 4.78 is 109. The minimum absolute atomic E-state index is 0.260. The molecule has 22 heteroatoms. The van der Waals surface area contributed by atoms with E-state index < -0.39 is 36.4 Å². The average molecular weight is 700 g/mol. The highest BCUT2D eigenvalue weighted by Crippen LogP contribution is 2.25. The second-order valence-corrected chi connectivity index (χ2v) is 9.79. The number of rotatable bonds is 4. The topological polar surface area (TPSA) is 168 Å². The quantitative estimate of drug-likeness (QED) is 0.400. The number of aromatic nitrogens is 3. The standard InChI is InChI=1S/C19H27N5O2.3C2HF3O2/c1-22-11-18(10-21-22)13-24-7-9-26-19(15-24)14-23(6-8-25-16-19)12-17-2-4-20-5-3-17;3*3-2(4,5)1(6)7/h2-5,10-11H,6-9,12-16H2,1H3;3*(H,6,7). The molecule has 3 N–H and O–H groups in total. The van der Waals surface area contributed by atoms with Gasteiger partial charge in [0.05, 0.1) is 26.0 Å². The molecule has 1 atom stereocenters. The van der Waals surface area contributed by atoms with Crippen molar-refractivity contribution in [2.45, 2.75) is 37.2 Å². The number of carboxylic acid groups (broad SMARTS) is 3. The van der Waals surface area contributed by atoms with E-state index in [0.717, 1.165) is 52.5 Å². The van der Waals surface area contributed by atoms with Crippen LogP contribution in [0.5, 0.6) is 0 Å². The summed E-state index contributed by atoms with van der Waals surface area (Å²) in [5.74, 6) is -8.27. The molecule has 2 aliphatic rings. The van der Waals surface area contributed by atoms with Crippen LogP contribution in [0.25, 0.3) is 0 Å². The van der Waals surface area contributed by atoms with E-state index >= 15 is 0 Å². The highest BCUT2D eigenvalue weighted by Gasteiger charge is 2.41. The average Bonchev–Trinajstić information content (AvgIpc) is 3.25. The lowest BCUT2D eigenvalue weighted by molar-refractivity contribution is -0.193. The maximum atomic E-state index is 10.6. The van der Waals surface area contributed by atoms with Crippen molar-refractivity contribution in [1.29, 1.82) is 0 Å². The Hall–Kier alpha value is -4.02. The van der Waals surface area contributed by atoms with Gasteiger partial charge in [0.15, 0.2) is 0 Å². The third-order valence-electron chi connectivity index (χ3n) is 5.80. The second kappa shape index (κ2) is 17.8. The zero-order valence-electron chi connectivity index (χ0n) is 24.3. The van der Waals surface area contributed by atoms with Crippen LogP contribution in [0.3, 0.4) is 0 Å². The predicted octanol–water partition coefficient (Wildman–Crippen LogP) is 2.82. The summed E-state index contributed by atoms with van der Waals surface area (Å²) >= 11 is 0. The molecule has 0 bridgehead atoms. The number of ether oxygens (including phenoxy) is 2. The molecule has 2 aliphatic heterocycles. The molecule has 4 heterocycles. The molecule has 0 saturated carbocycles. The number of pyridine rings is 1. The summed E-state index contributed by atoms with van der Waals surface area (Å²) in [7, 11) is 1.96. The van der Waals surface area contributed by atoms with Gasteiger partial charge in [-0.3, -0.25) is 19.5 Å². The van der Waals surface area contributed by atoms with Crippen LogP contribution in [-0.4, -0.2) is 128 Å². The van der Waals surface area contributed by atoms with Gasteiger partial charge < -0.3 is 24.8 Å². The normalized spacial score (nSPS) is 19.1. The Labute approximate surface area is 260 Å². The molecule has 266 valence electrons. The van der Waals surface area contributed by atoms with E-state index in [9.17, 15) is 39.5 Å². The molecular weight excluding hydrogens is 669 g/mol. The molecule has 13 nitrogen and oxygen atoms in total. The summed E-state index contributed by atoms with van der Waals surface area (Å²) in [5, 5.41) is 25.7. The molecule has 0 amide bonds. The van der Waals surface area contributed by atoms with Gasteiger partial charge in [-0.1, -0.05) is 0 Å². The first-order valence-corrected chi connectivity index (χ1v) is 13.0. The molecule has 2 aromatic heterocycles. The molecular formula is C25H30F9N5O8. The van der Waals surface area contributed by atoms with E-state index in [1.807, 2.05) is 30.3 Å². The lowest BCUT2D eigenvalue weighted by Gasteiger charge is -2.43. The first kappa shape index (κ1) is 41.0. The molecule has 1 spiro atoms. The summed E-state index contributed by atoms with van der Waals surface area (Å²) in [6.45, 7) is 7.60. The Morgan fingerprint density at radius 3 is 1.62 bits per heavy atom. The predicted molar refractivity (Wildman–Crippen MR) is 139 cm³/mol. The number of hydrogen-bond donors (Lipinski definition) is 3. The third-order valence-corrected chi connectivity index (χ3v) is 5.80. The number of halogens is 9. The molecule has 47 heavy (non-hydrogen) atoms. The Balaban J connectivity index is 0.000000430. The summed E-state index contributed by atoms with van der Waals surface area (Å²) in [6, 6.07) is 4.16. The van der Waals surface area contributed by atoms with Gasteiger partial charge in [-0.15, -0.1) is 0 Å². The largest absolute Gasteiger partial charge is 0.490 e. The maximum absolute atomic E-state index is 10.6. The molecule has 0 aliphatic carbocycles. The fourth-order valence-electron chi connectivity index (χ4n) is 3.92. The van der Waals surface area contributed by atoms with Gasteiger partial charge in [0.1, 0.15) is 5.60 Å². The second-order valence-electron chi connectivity index (χ2n) is 9.79. The van der Waals surface area contributed by atoms with E-state index in [4.69, 9.17) is 39.2 Å². The van der Waals surface area contributed by atoms with E-state index in [1.165, 1.54) is 11.1 Å². The first-order chi connectivity index (χ1) is 21.5. The van der Waals surface area contributed by atoms with Crippen LogP contribution in [0.4, 0.5) is 39.5 Å². The van der Waals surface area contributed by atoms with Gasteiger partial charge in [0, 0.05) is 70.5 Å². The summed E-state index contributed by atoms with van der Waals surface area (Å²) in [5.41, 5.74) is 2.26. The fourth-order valence-corrected chi connectivity index (χ4v) is 3.92. The van der Waals surface area contributed by atoms with Crippen LogP contribution < -0.4 is 0 Å². The smallest absolute Gasteiger partial charge is 0.475 e. The Morgan fingerprint density at radius 2 is 1.21 bits per heavy atom. The van der Waals surface area contributed by atoms with Gasteiger partial charge >= 0.3 is 36.4 Å². The van der Waals surface area contributed by atoms with Crippen molar-refractivity contribution in [3.63, 3.8) is 0 Å². The van der Waals surface area contributed by atoms with Gasteiger partial charge in [0.25, 0.3) is 0 Å². The molecule has 0 aromatic carbocycles. The van der Waals surface area contributed by atoms with Crippen molar-refractivity contribution in [2.24, 2.45) is 7.05 Å². The SMILES string of the molecule is Cn1cc(CN2CCOC3(COCCN(Cc4ccncc4)C3)C2)cn1.O=C(O)C(F)(F)F.O=C(O)C(F)(F)F.O=C(O)C(F)(F)F. The summed E-state index contributed by atoms with van der Waals surface area (Å²) in [4.78, 5) is 35.7. The van der Waals surface area contributed by atoms with E-state index in [-0.39, 0.29) is 5.60 Å². The highest BCUT2D eigenvalue weighted by molar-refractivity contribution is 5.73. The van der Waals surface area contributed by atoms with Gasteiger partial charge in [-0.25, -0.2) is 14.4 Å². The monoisotopic (exact) mass is 699 g/mol. The number of hydrogen-bond acceptors (Lipinski definition) is 9. The van der Waals surface area contributed by atoms with E-state index in [0.29, 0.717) is 6.61 Å². The number of morpholine rings is 1. The van der Waals surface area contributed by atoms with Crippen LogP contribution in [0.15, 0.2) is 36.9 Å². The third kappa shape index (κ3) is 16.4. The van der Waals surface area contributed by atoms with E-state index in [2.05, 4.69) is 38.2 Å². The molecule has 2 fully saturated rings. The van der Waals surface area contributed by atoms with Crippen molar-refractivity contribution in [3.8, 4) is 0 Å². The lowest BCUT2D eigenvalue weighted by Crippen LogP contribution is -2.58. The maximum Gasteiger partial charge on any atom is 0.490 e. The van der Waals surface area contributed by atoms with Crippen LogP contribution >= 0.6 is 0 Å². The number of carboxylic acids is 3. The van der Waals surface area contributed by atoms with Gasteiger partial charge in [0.2, 0.25) is 0 Å². The fraction of sp³-hybridized carbons (Fsp3) is 0.560. The molecule has 4 rings (SSSR count). The van der Waals surface area contributed by atoms with Crippen LogP contribution in [0.2, 0.25) is 0 Å². The van der Waals surface area contributed by atoms with Crippen molar-refractivity contribution < 1.29 is 78.7 Å². The van der Waals surface area contributed by atoms with Crippen LogP contribution in [0.1, 0.15) is 11.1 Å². The van der Waals surface area contributed by atoms with Gasteiger partial charge in [-0.2, -0.15) is 44.6 Å². The van der Waals surface area contributed by atoms with Crippen molar-refractivity contribution in [1.82, 2.24) is 24.6 Å². The molecule has 0 radical (unpaired) electrons. The molecule has 2 saturated heterocycles. The minimum atomic E-state index is -5.08. The minimum Gasteiger partial charge on any atom is -0.475 e.